The first-order chi connectivity index (χ1) is 10.8. The van der Waals surface area contributed by atoms with E-state index in [1.807, 2.05) is 0 Å². The van der Waals surface area contributed by atoms with Crippen LogP contribution >= 0.6 is 34.4 Å². The smallest absolute Gasteiger partial charge is 0.217 e. The molecule has 0 aliphatic carbocycles. The average Bonchev–Trinajstić information content (AvgIpc) is 3.20. The summed E-state index contributed by atoms with van der Waals surface area (Å²) >= 11 is 5.13. The molecule has 0 aliphatic rings. The van der Waals surface area contributed by atoms with Gasteiger partial charge in [0.25, 0.3) is 0 Å². The maximum atomic E-state index is 4.67. The van der Waals surface area contributed by atoms with E-state index in [0.29, 0.717) is 0 Å². The van der Waals surface area contributed by atoms with Crippen LogP contribution in [0.1, 0.15) is 24.0 Å². The number of nitrogens with zero attached hydrogens (tertiary/aromatic N) is 4. The van der Waals surface area contributed by atoms with Crippen molar-refractivity contribution in [3.8, 4) is 0 Å². The van der Waals surface area contributed by atoms with Crippen molar-refractivity contribution in [2.45, 2.75) is 30.7 Å². The maximum Gasteiger partial charge on any atom is 0.217 e. The molecule has 112 valence electrons. The Hall–Kier alpha value is -1.44. The molecule has 0 fully saturated rings. The van der Waals surface area contributed by atoms with Gasteiger partial charge in [0.2, 0.25) is 4.96 Å². The molecule has 0 atom stereocenters. The van der Waals surface area contributed by atoms with Crippen molar-refractivity contribution in [3.63, 3.8) is 0 Å². The number of benzene rings is 1. The van der Waals surface area contributed by atoms with Crippen molar-refractivity contribution in [1.82, 2.24) is 19.6 Å². The van der Waals surface area contributed by atoms with Gasteiger partial charge in [-0.15, -0.1) is 21.5 Å². The Morgan fingerprint density at radius 2 is 2.14 bits per heavy atom. The number of fused-ring (bicyclic) bond motifs is 3. The Bertz CT molecular complexity index is 921. The minimum absolute atomic E-state index is 0.838. The van der Waals surface area contributed by atoms with Crippen molar-refractivity contribution in [2.24, 2.45) is 0 Å². The van der Waals surface area contributed by atoms with E-state index in [-0.39, 0.29) is 0 Å². The molecule has 0 spiro atoms. The lowest BCUT2D eigenvalue weighted by Crippen LogP contribution is -1.88. The normalized spacial score (nSPS) is 11.7. The van der Waals surface area contributed by atoms with Gasteiger partial charge >= 0.3 is 0 Å². The number of aromatic nitrogens is 4. The molecule has 0 N–H and O–H groups in total. The lowest BCUT2D eigenvalue weighted by atomic mass is 10.3. The van der Waals surface area contributed by atoms with Crippen LogP contribution in [0.15, 0.2) is 34.8 Å². The van der Waals surface area contributed by atoms with Gasteiger partial charge in [0, 0.05) is 11.1 Å². The minimum atomic E-state index is 0.838. The van der Waals surface area contributed by atoms with E-state index in [9.17, 15) is 0 Å². The highest BCUT2D eigenvalue weighted by Crippen LogP contribution is 2.30. The van der Waals surface area contributed by atoms with Gasteiger partial charge in [-0.1, -0.05) is 42.2 Å². The Kier molecular flexibility index (Phi) is 3.85. The van der Waals surface area contributed by atoms with Crippen molar-refractivity contribution in [3.05, 3.63) is 40.3 Å². The van der Waals surface area contributed by atoms with Gasteiger partial charge in [-0.3, -0.25) is 4.40 Å². The number of para-hydroxylation sites is 1. The number of hydrogen-bond acceptors (Lipinski definition) is 6. The van der Waals surface area contributed by atoms with Crippen molar-refractivity contribution < 1.29 is 0 Å². The van der Waals surface area contributed by atoms with Crippen molar-refractivity contribution >= 4 is 49.6 Å². The zero-order chi connectivity index (χ0) is 14.9. The Labute approximate surface area is 140 Å². The van der Waals surface area contributed by atoms with E-state index in [4.69, 9.17) is 0 Å². The zero-order valence-corrected chi connectivity index (χ0v) is 14.5. The SMILES string of the molecule is CCCc1nc(CSc2nnc3sc4ccccc4n23)cs1. The lowest BCUT2D eigenvalue weighted by molar-refractivity contribution is 0.901. The van der Waals surface area contributed by atoms with E-state index in [2.05, 4.69) is 56.2 Å². The fraction of sp³-hybridized carbons (Fsp3) is 0.267. The van der Waals surface area contributed by atoms with Crippen LogP contribution in [0.25, 0.3) is 15.2 Å². The molecule has 22 heavy (non-hydrogen) atoms. The topological polar surface area (TPSA) is 43.1 Å². The molecular formula is C15H14N4S3. The van der Waals surface area contributed by atoms with E-state index in [0.717, 1.165) is 34.4 Å². The largest absolute Gasteiger partial charge is 0.260 e. The first-order valence-corrected chi connectivity index (χ1v) is 9.82. The monoisotopic (exact) mass is 346 g/mol. The molecule has 4 rings (SSSR count). The second kappa shape index (κ2) is 5.98. The molecule has 3 aromatic heterocycles. The summed E-state index contributed by atoms with van der Waals surface area (Å²) in [6.45, 7) is 2.18. The number of rotatable bonds is 5. The Balaban J connectivity index is 1.61. The Morgan fingerprint density at radius 1 is 1.23 bits per heavy atom. The van der Waals surface area contributed by atoms with Crippen LogP contribution in [0.4, 0.5) is 0 Å². The molecule has 0 bridgehead atoms. The van der Waals surface area contributed by atoms with Crippen LogP contribution < -0.4 is 0 Å². The number of hydrogen-bond donors (Lipinski definition) is 0. The molecular weight excluding hydrogens is 332 g/mol. The molecule has 0 saturated carbocycles. The van der Waals surface area contributed by atoms with Crippen LogP contribution in [-0.2, 0) is 12.2 Å². The van der Waals surface area contributed by atoms with Crippen LogP contribution in [0.3, 0.4) is 0 Å². The predicted octanol–water partition coefficient (Wildman–Crippen LogP) is 4.65. The summed E-state index contributed by atoms with van der Waals surface area (Å²) in [6, 6.07) is 8.36. The first-order valence-electron chi connectivity index (χ1n) is 7.14. The highest BCUT2D eigenvalue weighted by molar-refractivity contribution is 7.98. The van der Waals surface area contributed by atoms with Crippen molar-refractivity contribution in [2.75, 3.05) is 0 Å². The Morgan fingerprint density at radius 3 is 3.05 bits per heavy atom. The highest BCUT2D eigenvalue weighted by Gasteiger charge is 2.13. The minimum Gasteiger partial charge on any atom is -0.260 e. The summed E-state index contributed by atoms with van der Waals surface area (Å²) in [5, 5.41) is 12.9. The van der Waals surface area contributed by atoms with Crippen LogP contribution in [-0.4, -0.2) is 19.6 Å². The van der Waals surface area contributed by atoms with Gasteiger partial charge in [0.05, 0.1) is 20.9 Å². The highest BCUT2D eigenvalue weighted by atomic mass is 32.2. The molecule has 0 saturated heterocycles. The van der Waals surface area contributed by atoms with Gasteiger partial charge in [-0.05, 0) is 25.0 Å². The number of thioether (sulfide) groups is 1. The van der Waals surface area contributed by atoms with Gasteiger partial charge in [-0.25, -0.2) is 4.98 Å². The maximum absolute atomic E-state index is 4.67. The fourth-order valence-electron chi connectivity index (χ4n) is 2.33. The van der Waals surface area contributed by atoms with E-state index in [1.54, 1.807) is 34.4 Å². The third-order valence-corrected chi connectivity index (χ3v) is 6.26. The second-order valence-corrected chi connectivity index (χ2v) is 7.84. The molecule has 7 heteroatoms. The lowest BCUT2D eigenvalue weighted by Gasteiger charge is -1.97. The number of aryl methyl sites for hydroxylation is 1. The number of thiazole rings is 2. The summed E-state index contributed by atoms with van der Waals surface area (Å²) in [7, 11) is 0. The third kappa shape index (κ3) is 2.53. The van der Waals surface area contributed by atoms with E-state index >= 15 is 0 Å². The quantitative estimate of drug-likeness (QED) is 0.494. The molecule has 4 aromatic rings. The molecule has 1 aromatic carbocycles. The zero-order valence-electron chi connectivity index (χ0n) is 12.0. The fourth-order valence-corrected chi connectivity index (χ4v) is 5.20. The van der Waals surface area contributed by atoms with Crippen LogP contribution in [0.5, 0.6) is 0 Å². The first kappa shape index (κ1) is 14.2. The summed E-state index contributed by atoms with van der Waals surface area (Å²) in [4.78, 5) is 5.62. The van der Waals surface area contributed by atoms with Crippen LogP contribution in [0.2, 0.25) is 0 Å². The second-order valence-electron chi connectivity index (χ2n) is 4.94. The molecule has 0 radical (unpaired) electrons. The van der Waals surface area contributed by atoms with Gasteiger partial charge < -0.3 is 0 Å². The van der Waals surface area contributed by atoms with Gasteiger partial charge in [0.15, 0.2) is 5.16 Å². The predicted molar refractivity (Wildman–Crippen MR) is 94.0 cm³/mol. The molecule has 4 nitrogen and oxygen atoms in total. The van der Waals surface area contributed by atoms with Gasteiger partial charge in [0.1, 0.15) is 0 Å². The standard InChI is InChI=1S/C15H14N4S3/c1-2-5-13-16-10(8-20-13)9-21-14-17-18-15-19(14)11-6-3-4-7-12(11)22-15/h3-4,6-8H,2,5,9H2,1H3. The van der Waals surface area contributed by atoms with E-state index in [1.165, 1.54) is 15.2 Å². The van der Waals surface area contributed by atoms with E-state index < -0.39 is 0 Å². The summed E-state index contributed by atoms with van der Waals surface area (Å²) in [5.74, 6) is 0.838. The molecule has 0 unspecified atom stereocenters. The molecule has 0 aliphatic heterocycles. The summed E-state index contributed by atoms with van der Waals surface area (Å²) < 4.78 is 3.39. The van der Waals surface area contributed by atoms with Crippen LogP contribution in [0, 0.1) is 0 Å². The van der Waals surface area contributed by atoms with Gasteiger partial charge in [-0.2, -0.15) is 0 Å². The van der Waals surface area contributed by atoms with Crippen molar-refractivity contribution in [1.29, 1.82) is 0 Å². The molecule has 0 amide bonds. The summed E-state index contributed by atoms with van der Waals surface area (Å²) in [6.07, 6.45) is 2.21. The average molecular weight is 347 g/mol. The third-order valence-electron chi connectivity index (χ3n) is 3.32. The molecule has 3 heterocycles. The summed E-state index contributed by atoms with van der Waals surface area (Å²) in [5.41, 5.74) is 2.31.